The van der Waals surface area contributed by atoms with Gasteiger partial charge < -0.3 is 4.43 Å². The van der Waals surface area contributed by atoms with Crippen molar-refractivity contribution in [3.8, 4) is 0 Å². The van der Waals surface area contributed by atoms with E-state index in [4.69, 9.17) is 4.43 Å². The van der Waals surface area contributed by atoms with E-state index in [1.165, 1.54) is 19.3 Å². The van der Waals surface area contributed by atoms with Crippen molar-refractivity contribution in [2.24, 2.45) is 0 Å². The first-order valence-corrected chi connectivity index (χ1v) is 8.71. The van der Waals surface area contributed by atoms with Crippen LogP contribution in [0.2, 0.25) is 18.1 Å². The van der Waals surface area contributed by atoms with Gasteiger partial charge in [-0.1, -0.05) is 47.0 Å². The molecule has 0 aliphatic rings. The minimum Gasteiger partial charge on any atom is -0.592 e. The summed E-state index contributed by atoms with van der Waals surface area (Å²) < 4.78 is 5.95. The van der Waals surface area contributed by atoms with Gasteiger partial charge >= 0.3 is 18.9 Å². The maximum atomic E-state index is 5.95. The first-order valence-electron chi connectivity index (χ1n) is 5.81. The summed E-state index contributed by atoms with van der Waals surface area (Å²) in [6, 6.07) is 0. The Morgan fingerprint density at radius 1 is 1.13 bits per heavy atom. The van der Waals surface area contributed by atoms with Crippen LogP contribution in [0.25, 0.3) is 0 Å². The Bertz CT molecular complexity index is 152. The van der Waals surface area contributed by atoms with Gasteiger partial charge in [0.2, 0.25) is 0 Å². The van der Waals surface area contributed by atoms with Crippen LogP contribution in [0.3, 0.4) is 0 Å². The Balaban J connectivity index is 0. The van der Waals surface area contributed by atoms with Gasteiger partial charge in [-0.3, -0.25) is 0 Å². The molecule has 0 spiro atoms. The second-order valence-electron chi connectivity index (χ2n) is 5.54. The van der Waals surface area contributed by atoms with Gasteiger partial charge in [0, 0.05) is 0 Å². The van der Waals surface area contributed by atoms with E-state index in [0.29, 0.717) is 5.04 Å². The average molecular weight is 222 g/mol. The zero-order valence-corrected chi connectivity index (χ0v) is 12.8. The van der Waals surface area contributed by atoms with Crippen LogP contribution < -0.4 is 18.9 Å². The fourth-order valence-corrected chi connectivity index (χ4v) is 1.81. The summed E-state index contributed by atoms with van der Waals surface area (Å²) in [5, 5.41) is 0.328. The predicted molar refractivity (Wildman–Crippen MR) is 66.7 cm³/mol. The molecular formula is C12H27LiOSi. The first kappa shape index (κ1) is 18.1. The van der Waals surface area contributed by atoms with E-state index in [1.807, 2.05) is 6.61 Å². The molecule has 0 aromatic rings. The van der Waals surface area contributed by atoms with Crippen LogP contribution in [0.15, 0.2) is 0 Å². The molecule has 0 atom stereocenters. The molecule has 15 heavy (non-hydrogen) atoms. The molecule has 0 aliphatic carbocycles. The predicted octanol–water partition coefficient (Wildman–Crippen LogP) is 1.75. The van der Waals surface area contributed by atoms with Gasteiger partial charge in [-0.2, -0.15) is 6.42 Å². The molecule has 0 unspecified atom stereocenters. The second-order valence-corrected chi connectivity index (χ2v) is 10.3. The first-order chi connectivity index (χ1) is 6.31. The molecule has 1 nitrogen and oxygen atoms in total. The van der Waals surface area contributed by atoms with Crippen molar-refractivity contribution in [3.05, 3.63) is 6.61 Å². The maximum absolute atomic E-state index is 5.95. The molecule has 0 fully saturated rings. The standard InChI is InChI=1S/C12H27OSi.Li/c1-7-8-9-10-11-13-14(5,6)12(2,3)4;/h11H,7-10H2,1-6H3;/q-1;+1. The Morgan fingerprint density at radius 2 is 1.67 bits per heavy atom. The van der Waals surface area contributed by atoms with E-state index in [-0.39, 0.29) is 18.9 Å². The molecule has 0 bridgehead atoms. The molecule has 0 saturated carbocycles. The summed E-state index contributed by atoms with van der Waals surface area (Å²) in [5.41, 5.74) is 0. The van der Waals surface area contributed by atoms with Crippen molar-refractivity contribution in [2.45, 2.75) is 71.5 Å². The Hall–Kier alpha value is 0.774. The zero-order valence-electron chi connectivity index (χ0n) is 11.8. The smallest absolute Gasteiger partial charge is 0.592 e. The number of hydrogen-bond acceptors (Lipinski definition) is 1. The maximum Gasteiger partial charge on any atom is 1.00 e. The molecule has 0 radical (unpaired) electrons. The van der Waals surface area contributed by atoms with E-state index < -0.39 is 8.32 Å². The normalized spacial score (nSPS) is 12.4. The van der Waals surface area contributed by atoms with Crippen molar-refractivity contribution in [3.63, 3.8) is 0 Å². The third-order valence-electron chi connectivity index (χ3n) is 3.11. The van der Waals surface area contributed by atoms with Crippen LogP contribution in [-0.2, 0) is 4.43 Å². The molecular weight excluding hydrogens is 195 g/mol. The molecule has 0 rings (SSSR count). The number of rotatable bonds is 6. The SMILES string of the molecule is CCCCC[CH-]O[Si](C)(C)C(C)(C)C.[Li+]. The summed E-state index contributed by atoms with van der Waals surface area (Å²) >= 11 is 0. The van der Waals surface area contributed by atoms with Crippen LogP contribution in [0, 0.1) is 6.61 Å². The monoisotopic (exact) mass is 222 g/mol. The molecule has 0 aromatic heterocycles. The molecule has 0 N–H and O–H groups in total. The average Bonchev–Trinajstić information content (AvgIpc) is 2.02. The van der Waals surface area contributed by atoms with E-state index in [1.54, 1.807) is 0 Å². The van der Waals surface area contributed by atoms with Gasteiger partial charge in [0.25, 0.3) is 0 Å². The molecule has 0 aromatic carbocycles. The van der Waals surface area contributed by atoms with Gasteiger partial charge in [-0.05, 0) is 18.1 Å². The summed E-state index contributed by atoms with van der Waals surface area (Å²) in [5.74, 6) is 0. The topological polar surface area (TPSA) is 9.23 Å². The Labute approximate surface area is 110 Å². The third kappa shape index (κ3) is 7.63. The van der Waals surface area contributed by atoms with Gasteiger partial charge in [-0.15, -0.1) is 0 Å². The second kappa shape index (κ2) is 7.95. The summed E-state index contributed by atoms with van der Waals surface area (Å²) in [7, 11) is -1.52. The summed E-state index contributed by atoms with van der Waals surface area (Å²) in [6.45, 7) is 15.7. The fraction of sp³-hybridized carbons (Fsp3) is 0.917. The van der Waals surface area contributed by atoms with Gasteiger partial charge in [0.15, 0.2) is 8.32 Å². The van der Waals surface area contributed by atoms with Crippen LogP contribution in [0.4, 0.5) is 0 Å². The third-order valence-corrected chi connectivity index (χ3v) is 7.48. The van der Waals surface area contributed by atoms with E-state index in [9.17, 15) is 0 Å². The van der Waals surface area contributed by atoms with Gasteiger partial charge in [-0.25, -0.2) is 6.61 Å². The number of hydrogen-bond donors (Lipinski definition) is 0. The van der Waals surface area contributed by atoms with Crippen molar-refractivity contribution < 1.29 is 23.3 Å². The molecule has 86 valence electrons. The molecule has 0 amide bonds. The summed E-state index contributed by atoms with van der Waals surface area (Å²) in [4.78, 5) is 0. The van der Waals surface area contributed by atoms with Crippen molar-refractivity contribution in [1.82, 2.24) is 0 Å². The van der Waals surface area contributed by atoms with Crippen molar-refractivity contribution >= 4 is 8.32 Å². The number of unbranched alkanes of at least 4 members (excludes halogenated alkanes) is 3. The molecule has 3 heteroatoms. The van der Waals surface area contributed by atoms with Crippen molar-refractivity contribution in [1.29, 1.82) is 0 Å². The van der Waals surface area contributed by atoms with Crippen molar-refractivity contribution in [2.75, 3.05) is 0 Å². The minimum absolute atomic E-state index is 0. The van der Waals surface area contributed by atoms with E-state index in [0.717, 1.165) is 6.42 Å². The molecule has 0 heterocycles. The fourth-order valence-electron chi connectivity index (χ4n) is 0.922. The zero-order chi connectivity index (χ0) is 11.2. The van der Waals surface area contributed by atoms with Crippen LogP contribution in [0.5, 0.6) is 0 Å². The Morgan fingerprint density at radius 3 is 2.07 bits per heavy atom. The van der Waals surface area contributed by atoms with Gasteiger partial charge in [0.05, 0.1) is 0 Å². The van der Waals surface area contributed by atoms with Crippen LogP contribution in [-0.4, -0.2) is 8.32 Å². The summed E-state index contributed by atoms with van der Waals surface area (Å²) in [6.07, 6.45) is 4.98. The Kier molecular flexibility index (Phi) is 9.62. The van der Waals surface area contributed by atoms with E-state index in [2.05, 4.69) is 40.8 Å². The van der Waals surface area contributed by atoms with Crippen LogP contribution in [0.1, 0.15) is 53.4 Å². The largest absolute Gasteiger partial charge is 1.00 e. The molecule has 0 aliphatic heterocycles. The minimum atomic E-state index is -1.52. The van der Waals surface area contributed by atoms with Gasteiger partial charge in [0.1, 0.15) is 0 Å². The molecule has 0 saturated heterocycles. The quantitative estimate of drug-likeness (QED) is 0.378. The van der Waals surface area contributed by atoms with Crippen LogP contribution >= 0.6 is 0 Å². The van der Waals surface area contributed by atoms with E-state index >= 15 is 0 Å².